The molecule has 0 unspecified atom stereocenters. The van der Waals surface area contributed by atoms with Crippen molar-refractivity contribution in [3.8, 4) is 5.75 Å². The molecule has 1 aromatic carbocycles. The largest absolute Gasteiger partial charge is 0.490 e. The fourth-order valence-corrected chi connectivity index (χ4v) is 1.37. The molecule has 0 saturated carbocycles. The summed E-state index contributed by atoms with van der Waals surface area (Å²) in [5.41, 5.74) is 0.520. The normalized spacial score (nSPS) is 9.84. The van der Waals surface area contributed by atoms with E-state index >= 15 is 0 Å². The van der Waals surface area contributed by atoms with Crippen molar-refractivity contribution < 1.29 is 23.8 Å². The Kier molecular flexibility index (Phi) is 5.60. The number of hydrogen-bond donors (Lipinski definition) is 0. The van der Waals surface area contributed by atoms with E-state index in [4.69, 9.17) is 14.2 Å². The fraction of sp³-hybridized carbons (Fsp3) is 0.286. The molecule has 0 aliphatic heterocycles. The molecule has 0 heterocycles. The SMILES string of the molecule is C=CCOc1cccc(C(OC(C)=O)OC(C)=O)c1. The Morgan fingerprint density at radius 1 is 1.26 bits per heavy atom. The lowest BCUT2D eigenvalue weighted by molar-refractivity contribution is -0.186. The van der Waals surface area contributed by atoms with Crippen molar-refractivity contribution in [2.75, 3.05) is 6.61 Å². The molecule has 0 fully saturated rings. The molecule has 0 aliphatic rings. The van der Waals surface area contributed by atoms with Gasteiger partial charge in [-0.3, -0.25) is 9.59 Å². The zero-order valence-electron chi connectivity index (χ0n) is 10.9. The molecule has 0 radical (unpaired) electrons. The number of rotatable bonds is 6. The average molecular weight is 264 g/mol. The van der Waals surface area contributed by atoms with Crippen molar-refractivity contribution in [2.24, 2.45) is 0 Å². The number of ether oxygens (including phenoxy) is 3. The van der Waals surface area contributed by atoms with E-state index in [-0.39, 0.29) is 0 Å². The maximum atomic E-state index is 11.0. The van der Waals surface area contributed by atoms with Gasteiger partial charge in [0.15, 0.2) is 0 Å². The monoisotopic (exact) mass is 264 g/mol. The van der Waals surface area contributed by atoms with Crippen molar-refractivity contribution in [1.82, 2.24) is 0 Å². The highest BCUT2D eigenvalue weighted by atomic mass is 16.7. The minimum atomic E-state index is -1.07. The van der Waals surface area contributed by atoms with Gasteiger partial charge in [-0.15, -0.1) is 0 Å². The van der Waals surface area contributed by atoms with Crippen LogP contribution in [0.4, 0.5) is 0 Å². The number of carbonyl (C=O) groups is 2. The van der Waals surface area contributed by atoms with Gasteiger partial charge >= 0.3 is 11.9 Å². The Hall–Kier alpha value is -2.30. The first-order valence-electron chi connectivity index (χ1n) is 5.71. The van der Waals surface area contributed by atoms with Gasteiger partial charge in [-0.25, -0.2) is 0 Å². The van der Waals surface area contributed by atoms with Crippen LogP contribution in [0, 0.1) is 0 Å². The van der Waals surface area contributed by atoms with Crippen LogP contribution in [0.15, 0.2) is 36.9 Å². The summed E-state index contributed by atoms with van der Waals surface area (Å²) in [5.74, 6) is -0.506. The maximum absolute atomic E-state index is 11.0. The molecule has 5 heteroatoms. The van der Waals surface area contributed by atoms with Gasteiger partial charge in [-0.2, -0.15) is 0 Å². The molecule has 0 amide bonds. The zero-order chi connectivity index (χ0) is 14.3. The topological polar surface area (TPSA) is 61.8 Å². The van der Waals surface area contributed by atoms with Crippen LogP contribution in [-0.4, -0.2) is 18.5 Å². The molecule has 1 rings (SSSR count). The lowest BCUT2D eigenvalue weighted by Gasteiger charge is -2.17. The Bertz CT molecular complexity index is 451. The quantitative estimate of drug-likeness (QED) is 0.448. The van der Waals surface area contributed by atoms with Gasteiger partial charge in [0.05, 0.1) is 0 Å². The second-order valence-corrected chi connectivity index (χ2v) is 3.72. The molecule has 19 heavy (non-hydrogen) atoms. The highest BCUT2D eigenvalue weighted by Gasteiger charge is 2.18. The summed E-state index contributed by atoms with van der Waals surface area (Å²) in [7, 11) is 0. The molecule has 0 saturated heterocycles. The molecule has 0 aliphatic carbocycles. The number of benzene rings is 1. The van der Waals surface area contributed by atoms with Crippen molar-refractivity contribution >= 4 is 11.9 Å². The second-order valence-electron chi connectivity index (χ2n) is 3.72. The summed E-state index contributed by atoms with van der Waals surface area (Å²) in [6.45, 7) is 6.39. The first kappa shape index (κ1) is 14.8. The lowest BCUT2D eigenvalue weighted by atomic mass is 10.2. The Balaban J connectivity index is 2.90. The van der Waals surface area contributed by atoms with E-state index in [0.29, 0.717) is 17.9 Å². The molecule has 1 aromatic rings. The van der Waals surface area contributed by atoms with Crippen LogP contribution >= 0.6 is 0 Å². The number of hydrogen-bond acceptors (Lipinski definition) is 5. The van der Waals surface area contributed by atoms with Crippen molar-refractivity contribution in [3.63, 3.8) is 0 Å². The van der Waals surface area contributed by atoms with Crippen molar-refractivity contribution in [2.45, 2.75) is 20.1 Å². The van der Waals surface area contributed by atoms with E-state index in [1.807, 2.05) is 0 Å². The van der Waals surface area contributed by atoms with Crippen LogP contribution in [-0.2, 0) is 19.1 Å². The fourth-order valence-electron chi connectivity index (χ4n) is 1.37. The zero-order valence-corrected chi connectivity index (χ0v) is 10.9. The first-order valence-corrected chi connectivity index (χ1v) is 5.71. The van der Waals surface area contributed by atoms with Crippen LogP contribution in [0.2, 0.25) is 0 Å². The third-order valence-corrected chi connectivity index (χ3v) is 2.04. The van der Waals surface area contributed by atoms with Crippen molar-refractivity contribution in [3.05, 3.63) is 42.5 Å². The average Bonchev–Trinajstić information content (AvgIpc) is 2.35. The van der Waals surface area contributed by atoms with Gasteiger partial charge in [0.2, 0.25) is 0 Å². The van der Waals surface area contributed by atoms with E-state index in [9.17, 15) is 9.59 Å². The predicted molar refractivity (Wildman–Crippen MR) is 68.4 cm³/mol. The Labute approximate surface area is 111 Å². The summed E-state index contributed by atoms with van der Waals surface area (Å²) in [6.07, 6.45) is 0.546. The maximum Gasteiger partial charge on any atom is 0.305 e. The van der Waals surface area contributed by atoms with Crippen molar-refractivity contribution in [1.29, 1.82) is 0 Å². The number of carbonyl (C=O) groups excluding carboxylic acids is 2. The van der Waals surface area contributed by atoms with Gasteiger partial charge in [0.1, 0.15) is 12.4 Å². The smallest absolute Gasteiger partial charge is 0.305 e. The third-order valence-electron chi connectivity index (χ3n) is 2.04. The van der Waals surface area contributed by atoms with Gasteiger partial charge in [-0.05, 0) is 12.1 Å². The third kappa shape index (κ3) is 5.25. The van der Waals surface area contributed by atoms with Crippen LogP contribution in [0.5, 0.6) is 5.75 Å². The molecular formula is C14H16O5. The van der Waals surface area contributed by atoms with Gasteiger partial charge in [0, 0.05) is 19.4 Å². The molecule has 0 aromatic heterocycles. The molecule has 5 nitrogen and oxygen atoms in total. The van der Waals surface area contributed by atoms with Crippen LogP contribution < -0.4 is 4.74 Å². The van der Waals surface area contributed by atoms with E-state index < -0.39 is 18.2 Å². The summed E-state index contributed by atoms with van der Waals surface area (Å²) in [4.78, 5) is 22.0. The van der Waals surface area contributed by atoms with E-state index in [1.165, 1.54) is 13.8 Å². The summed E-state index contributed by atoms with van der Waals surface area (Å²) in [6, 6.07) is 6.77. The summed E-state index contributed by atoms with van der Waals surface area (Å²) < 4.78 is 15.3. The molecule has 102 valence electrons. The lowest BCUT2D eigenvalue weighted by Crippen LogP contribution is -2.15. The van der Waals surface area contributed by atoms with E-state index in [2.05, 4.69) is 6.58 Å². The Morgan fingerprint density at radius 2 is 1.89 bits per heavy atom. The van der Waals surface area contributed by atoms with Gasteiger partial charge in [0.25, 0.3) is 6.29 Å². The predicted octanol–water partition coefficient (Wildman–Crippen LogP) is 2.38. The molecule has 0 atom stereocenters. The van der Waals surface area contributed by atoms with E-state index in [0.717, 1.165) is 0 Å². The molecule has 0 spiro atoms. The van der Waals surface area contributed by atoms with E-state index in [1.54, 1.807) is 30.3 Å². The number of esters is 2. The molecule has 0 bridgehead atoms. The Morgan fingerprint density at radius 3 is 2.42 bits per heavy atom. The molecular weight excluding hydrogens is 248 g/mol. The first-order chi connectivity index (χ1) is 9.02. The summed E-state index contributed by atoms with van der Waals surface area (Å²) >= 11 is 0. The standard InChI is InChI=1S/C14H16O5/c1-4-8-17-13-7-5-6-12(9-13)14(18-10(2)15)19-11(3)16/h4-7,9,14H,1,8H2,2-3H3. The minimum Gasteiger partial charge on any atom is -0.490 e. The summed E-state index contributed by atoms with van der Waals surface area (Å²) in [5, 5.41) is 0. The van der Waals surface area contributed by atoms with Crippen LogP contribution in [0.25, 0.3) is 0 Å². The highest BCUT2D eigenvalue weighted by molar-refractivity contribution is 5.68. The molecule has 0 N–H and O–H groups in total. The van der Waals surface area contributed by atoms with Gasteiger partial charge < -0.3 is 14.2 Å². The van der Waals surface area contributed by atoms with Crippen LogP contribution in [0.1, 0.15) is 25.7 Å². The second kappa shape index (κ2) is 7.20. The minimum absolute atomic E-state index is 0.356. The highest BCUT2D eigenvalue weighted by Crippen LogP contribution is 2.23. The van der Waals surface area contributed by atoms with Gasteiger partial charge in [-0.1, -0.05) is 24.8 Å². The van der Waals surface area contributed by atoms with Crippen LogP contribution in [0.3, 0.4) is 0 Å².